The lowest BCUT2D eigenvalue weighted by atomic mass is 10.0. The number of aliphatic hydroxyl groups excluding tert-OH is 1. The molecule has 4 heteroatoms. The van der Waals surface area contributed by atoms with Crippen molar-refractivity contribution in [2.45, 2.75) is 5.92 Å². The quantitative estimate of drug-likeness (QED) is 0.788. The van der Waals surface area contributed by atoms with Gasteiger partial charge in [0.15, 0.2) is 0 Å². The summed E-state index contributed by atoms with van der Waals surface area (Å²) in [5.41, 5.74) is 1.28. The van der Waals surface area contributed by atoms with Gasteiger partial charge in [-0.05, 0) is 6.07 Å². The van der Waals surface area contributed by atoms with Crippen LogP contribution in [0.2, 0.25) is 0 Å². The van der Waals surface area contributed by atoms with Crippen molar-refractivity contribution in [1.82, 2.24) is 4.90 Å². The van der Waals surface area contributed by atoms with Crippen LogP contribution in [0.1, 0.15) is 11.5 Å². The molecule has 1 aliphatic heterocycles. The third-order valence-corrected chi connectivity index (χ3v) is 3.31. The zero-order valence-corrected chi connectivity index (χ0v) is 10.8. The van der Waals surface area contributed by atoms with Crippen molar-refractivity contribution in [2.75, 3.05) is 46.6 Å². The molecule has 4 nitrogen and oxygen atoms in total. The van der Waals surface area contributed by atoms with Gasteiger partial charge in [0.1, 0.15) is 5.75 Å². The van der Waals surface area contributed by atoms with E-state index < -0.39 is 0 Å². The molecular formula is C14H21NO3. The van der Waals surface area contributed by atoms with Crippen molar-refractivity contribution in [3.63, 3.8) is 0 Å². The zero-order valence-electron chi connectivity index (χ0n) is 10.8. The molecule has 0 bridgehead atoms. The Bertz CT molecular complexity index is 370. The third kappa shape index (κ3) is 3.22. The molecule has 1 aromatic rings. The Balaban J connectivity index is 1.95. The maximum absolute atomic E-state index is 9.09. The van der Waals surface area contributed by atoms with Crippen molar-refractivity contribution in [3.05, 3.63) is 29.8 Å². The van der Waals surface area contributed by atoms with Crippen LogP contribution in [0.3, 0.4) is 0 Å². The molecule has 0 spiro atoms. The van der Waals surface area contributed by atoms with Gasteiger partial charge >= 0.3 is 0 Å². The Labute approximate surface area is 108 Å². The molecule has 1 aliphatic rings. The number of methoxy groups -OCH3 is 1. The van der Waals surface area contributed by atoms with Gasteiger partial charge in [0.25, 0.3) is 0 Å². The van der Waals surface area contributed by atoms with Crippen LogP contribution in [0.15, 0.2) is 24.3 Å². The SMILES string of the molecule is COCCN(CCO)CC1COc2ccccc21. The molecule has 2 rings (SSSR count). The lowest BCUT2D eigenvalue weighted by Gasteiger charge is -2.23. The molecule has 0 fully saturated rings. The molecular weight excluding hydrogens is 230 g/mol. The molecule has 0 saturated carbocycles. The highest BCUT2D eigenvalue weighted by Gasteiger charge is 2.25. The number of rotatable bonds is 7. The van der Waals surface area contributed by atoms with E-state index in [4.69, 9.17) is 14.6 Å². The number of ether oxygens (including phenoxy) is 2. The van der Waals surface area contributed by atoms with Gasteiger partial charge in [-0.25, -0.2) is 0 Å². The molecule has 1 N–H and O–H groups in total. The zero-order chi connectivity index (χ0) is 12.8. The molecule has 0 amide bonds. The smallest absolute Gasteiger partial charge is 0.122 e. The van der Waals surface area contributed by atoms with Crippen LogP contribution in [0, 0.1) is 0 Å². The van der Waals surface area contributed by atoms with Gasteiger partial charge < -0.3 is 14.6 Å². The summed E-state index contributed by atoms with van der Waals surface area (Å²) in [7, 11) is 1.70. The first kappa shape index (κ1) is 13.3. The normalized spacial score (nSPS) is 17.8. The summed E-state index contributed by atoms with van der Waals surface area (Å²) in [6, 6.07) is 8.19. The number of benzene rings is 1. The van der Waals surface area contributed by atoms with Crippen LogP contribution in [0.5, 0.6) is 5.75 Å². The molecule has 100 valence electrons. The highest BCUT2D eigenvalue weighted by molar-refractivity contribution is 5.39. The maximum Gasteiger partial charge on any atom is 0.122 e. The minimum absolute atomic E-state index is 0.180. The van der Waals surface area contributed by atoms with Gasteiger partial charge in [0, 0.05) is 38.2 Å². The Morgan fingerprint density at radius 1 is 1.39 bits per heavy atom. The number of para-hydroxylation sites is 1. The van der Waals surface area contributed by atoms with E-state index in [-0.39, 0.29) is 6.61 Å². The first-order valence-corrected chi connectivity index (χ1v) is 6.39. The fourth-order valence-electron chi connectivity index (χ4n) is 2.35. The summed E-state index contributed by atoms with van der Waals surface area (Å²) in [4.78, 5) is 2.22. The predicted octanol–water partition coefficient (Wildman–Crippen LogP) is 1.10. The standard InChI is InChI=1S/C14H21NO3/c1-17-9-7-15(6-8-16)10-12-11-18-14-5-3-2-4-13(12)14/h2-5,12,16H,6-11H2,1H3. The predicted molar refractivity (Wildman–Crippen MR) is 70.1 cm³/mol. The molecule has 1 unspecified atom stereocenters. The first-order chi connectivity index (χ1) is 8.85. The lowest BCUT2D eigenvalue weighted by Crippen LogP contribution is -2.34. The van der Waals surface area contributed by atoms with Crippen molar-refractivity contribution in [1.29, 1.82) is 0 Å². The number of fused-ring (bicyclic) bond motifs is 1. The summed E-state index contributed by atoms with van der Waals surface area (Å²) >= 11 is 0. The van der Waals surface area contributed by atoms with Crippen LogP contribution in [0.4, 0.5) is 0 Å². The molecule has 1 heterocycles. The molecule has 0 saturated heterocycles. The van der Waals surface area contributed by atoms with Gasteiger partial charge in [-0.15, -0.1) is 0 Å². The van der Waals surface area contributed by atoms with E-state index in [1.54, 1.807) is 7.11 Å². The summed E-state index contributed by atoms with van der Waals surface area (Å²) in [6.45, 7) is 4.03. The third-order valence-electron chi connectivity index (χ3n) is 3.31. The number of hydrogen-bond donors (Lipinski definition) is 1. The summed E-state index contributed by atoms with van der Waals surface area (Å²) in [5.74, 6) is 1.39. The Morgan fingerprint density at radius 3 is 3.00 bits per heavy atom. The highest BCUT2D eigenvalue weighted by Crippen LogP contribution is 2.33. The average Bonchev–Trinajstić information content (AvgIpc) is 2.80. The molecule has 1 atom stereocenters. The molecule has 0 aromatic heterocycles. The van der Waals surface area contributed by atoms with E-state index in [0.29, 0.717) is 19.1 Å². The molecule has 1 aromatic carbocycles. The van der Waals surface area contributed by atoms with E-state index in [2.05, 4.69) is 11.0 Å². The fourth-order valence-corrected chi connectivity index (χ4v) is 2.35. The van der Waals surface area contributed by atoms with Gasteiger partial charge in [0.2, 0.25) is 0 Å². The number of nitrogens with zero attached hydrogens (tertiary/aromatic N) is 1. The molecule has 0 aliphatic carbocycles. The second-order valence-electron chi connectivity index (χ2n) is 4.56. The van der Waals surface area contributed by atoms with Crippen LogP contribution in [0.25, 0.3) is 0 Å². The van der Waals surface area contributed by atoms with Gasteiger partial charge in [-0.2, -0.15) is 0 Å². The average molecular weight is 251 g/mol. The fraction of sp³-hybridized carbons (Fsp3) is 0.571. The van der Waals surface area contributed by atoms with E-state index in [0.717, 1.165) is 25.4 Å². The topological polar surface area (TPSA) is 41.9 Å². The second kappa shape index (κ2) is 6.73. The van der Waals surface area contributed by atoms with Crippen molar-refractivity contribution >= 4 is 0 Å². The van der Waals surface area contributed by atoms with Crippen LogP contribution < -0.4 is 4.74 Å². The monoisotopic (exact) mass is 251 g/mol. The van der Waals surface area contributed by atoms with E-state index in [9.17, 15) is 0 Å². The van der Waals surface area contributed by atoms with Crippen LogP contribution >= 0.6 is 0 Å². The lowest BCUT2D eigenvalue weighted by molar-refractivity contribution is 0.124. The van der Waals surface area contributed by atoms with Crippen molar-refractivity contribution in [3.8, 4) is 5.75 Å². The minimum atomic E-state index is 0.180. The first-order valence-electron chi connectivity index (χ1n) is 6.39. The van der Waals surface area contributed by atoms with Gasteiger partial charge in [0.05, 0.1) is 19.8 Å². The summed E-state index contributed by atoms with van der Waals surface area (Å²) in [5, 5.41) is 9.09. The molecule has 18 heavy (non-hydrogen) atoms. The summed E-state index contributed by atoms with van der Waals surface area (Å²) < 4.78 is 10.8. The van der Waals surface area contributed by atoms with Crippen LogP contribution in [-0.2, 0) is 4.74 Å². The van der Waals surface area contributed by atoms with E-state index in [1.807, 2.05) is 18.2 Å². The Hall–Kier alpha value is -1.10. The second-order valence-corrected chi connectivity index (χ2v) is 4.56. The van der Waals surface area contributed by atoms with Crippen molar-refractivity contribution in [2.24, 2.45) is 0 Å². The van der Waals surface area contributed by atoms with E-state index >= 15 is 0 Å². The van der Waals surface area contributed by atoms with Gasteiger partial charge in [-0.1, -0.05) is 18.2 Å². The number of aliphatic hydroxyl groups is 1. The Kier molecular flexibility index (Phi) is 4.99. The minimum Gasteiger partial charge on any atom is -0.493 e. The van der Waals surface area contributed by atoms with E-state index in [1.165, 1.54) is 5.56 Å². The summed E-state index contributed by atoms with van der Waals surface area (Å²) in [6.07, 6.45) is 0. The highest BCUT2D eigenvalue weighted by atomic mass is 16.5. The number of hydrogen-bond acceptors (Lipinski definition) is 4. The Morgan fingerprint density at radius 2 is 2.22 bits per heavy atom. The van der Waals surface area contributed by atoms with Gasteiger partial charge in [-0.3, -0.25) is 4.90 Å². The maximum atomic E-state index is 9.09. The van der Waals surface area contributed by atoms with Crippen LogP contribution in [-0.4, -0.2) is 56.6 Å². The largest absolute Gasteiger partial charge is 0.493 e. The molecule has 0 radical (unpaired) electrons. The van der Waals surface area contributed by atoms with Crippen molar-refractivity contribution < 1.29 is 14.6 Å².